The molecule has 0 saturated carbocycles. The van der Waals surface area contributed by atoms with Crippen LogP contribution in [0.2, 0.25) is 0 Å². The Balaban J connectivity index is 2.16. The quantitative estimate of drug-likeness (QED) is 0.548. The second kappa shape index (κ2) is 4.79. The molecule has 2 heterocycles. The number of aryl methyl sites for hydroxylation is 1. The molecule has 0 saturated heterocycles. The van der Waals surface area contributed by atoms with E-state index in [1.165, 1.54) is 0 Å². The van der Waals surface area contributed by atoms with Crippen molar-refractivity contribution in [1.82, 2.24) is 20.2 Å². The van der Waals surface area contributed by atoms with E-state index in [4.69, 9.17) is 5.84 Å². The van der Waals surface area contributed by atoms with E-state index in [-0.39, 0.29) is 6.04 Å². The third kappa shape index (κ3) is 2.09. The first-order chi connectivity index (χ1) is 9.29. The maximum Gasteiger partial charge on any atom is 0.108 e. The van der Waals surface area contributed by atoms with Crippen LogP contribution in [0.15, 0.2) is 48.8 Å². The minimum Gasteiger partial charge on any atom is -0.275 e. The van der Waals surface area contributed by atoms with Gasteiger partial charge in [-0.1, -0.05) is 24.3 Å². The molecule has 2 aromatic heterocycles. The van der Waals surface area contributed by atoms with Gasteiger partial charge in [0.15, 0.2) is 0 Å². The number of nitrogens with two attached hydrogens (primary N) is 1. The number of rotatable bonds is 3. The summed E-state index contributed by atoms with van der Waals surface area (Å²) < 4.78 is 1.75. The molecule has 0 radical (unpaired) electrons. The summed E-state index contributed by atoms with van der Waals surface area (Å²) in [5, 5.41) is 6.62. The van der Waals surface area contributed by atoms with Gasteiger partial charge in [0, 0.05) is 24.8 Å². The summed E-state index contributed by atoms with van der Waals surface area (Å²) in [7, 11) is 1.88. The van der Waals surface area contributed by atoms with Crippen LogP contribution in [0.3, 0.4) is 0 Å². The Labute approximate surface area is 111 Å². The summed E-state index contributed by atoms with van der Waals surface area (Å²) in [4.78, 5) is 4.47. The lowest BCUT2D eigenvalue weighted by Crippen LogP contribution is -2.30. The summed E-state index contributed by atoms with van der Waals surface area (Å²) in [5.74, 6) is 5.70. The van der Waals surface area contributed by atoms with E-state index >= 15 is 0 Å². The van der Waals surface area contributed by atoms with Crippen molar-refractivity contribution in [2.75, 3.05) is 0 Å². The third-order valence-corrected chi connectivity index (χ3v) is 3.17. The molecule has 0 spiro atoms. The van der Waals surface area contributed by atoms with Crippen molar-refractivity contribution in [3.63, 3.8) is 0 Å². The summed E-state index contributed by atoms with van der Waals surface area (Å²) in [6.07, 6.45) is 3.69. The van der Waals surface area contributed by atoms with Gasteiger partial charge in [0.05, 0.1) is 11.4 Å². The first-order valence-corrected chi connectivity index (χ1v) is 6.09. The Bertz CT molecular complexity index is 698. The molecule has 96 valence electrons. The van der Waals surface area contributed by atoms with Crippen molar-refractivity contribution in [1.29, 1.82) is 0 Å². The zero-order valence-corrected chi connectivity index (χ0v) is 10.6. The maximum atomic E-state index is 5.70. The maximum absolute atomic E-state index is 5.70. The van der Waals surface area contributed by atoms with Crippen LogP contribution in [0.1, 0.15) is 17.4 Å². The fraction of sp³-hybridized carbons (Fsp3) is 0.143. The number of fused-ring (bicyclic) bond motifs is 1. The SMILES string of the molecule is Cn1ccc(C(NN)c2nccc3ccccc23)n1. The summed E-state index contributed by atoms with van der Waals surface area (Å²) in [5.41, 5.74) is 4.55. The second-order valence-corrected chi connectivity index (χ2v) is 4.43. The van der Waals surface area contributed by atoms with Crippen LogP contribution in [0.25, 0.3) is 10.8 Å². The van der Waals surface area contributed by atoms with Crippen LogP contribution in [-0.2, 0) is 7.05 Å². The zero-order chi connectivity index (χ0) is 13.2. The number of hydrogen-bond donors (Lipinski definition) is 2. The number of hydrazine groups is 1. The average Bonchev–Trinajstić information content (AvgIpc) is 2.86. The summed E-state index contributed by atoms with van der Waals surface area (Å²) in [6.45, 7) is 0. The summed E-state index contributed by atoms with van der Waals surface area (Å²) in [6, 6.07) is 11.8. The van der Waals surface area contributed by atoms with E-state index < -0.39 is 0 Å². The largest absolute Gasteiger partial charge is 0.275 e. The molecular weight excluding hydrogens is 238 g/mol. The van der Waals surface area contributed by atoms with Crippen LogP contribution in [0.5, 0.6) is 0 Å². The lowest BCUT2D eigenvalue weighted by Gasteiger charge is -2.15. The van der Waals surface area contributed by atoms with Gasteiger partial charge in [-0.25, -0.2) is 5.43 Å². The van der Waals surface area contributed by atoms with Crippen LogP contribution >= 0.6 is 0 Å². The molecule has 0 aliphatic rings. The molecule has 19 heavy (non-hydrogen) atoms. The average molecular weight is 253 g/mol. The lowest BCUT2D eigenvalue weighted by molar-refractivity contribution is 0.594. The minimum absolute atomic E-state index is 0.215. The summed E-state index contributed by atoms with van der Waals surface area (Å²) >= 11 is 0. The van der Waals surface area contributed by atoms with Gasteiger partial charge in [0.25, 0.3) is 0 Å². The second-order valence-electron chi connectivity index (χ2n) is 4.43. The Morgan fingerprint density at radius 1 is 1.21 bits per heavy atom. The van der Waals surface area contributed by atoms with Gasteiger partial charge in [-0.2, -0.15) is 5.10 Å². The number of pyridine rings is 1. The van der Waals surface area contributed by atoms with Crippen molar-refractivity contribution in [2.24, 2.45) is 12.9 Å². The van der Waals surface area contributed by atoms with Crippen molar-refractivity contribution in [2.45, 2.75) is 6.04 Å². The van der Waals surface area contributed by atoms with E-state index in [0.717, 1.165) is 22.2 Å². The van der Waals surface area contributed by atoms with Crippen LogP contribution < -0.4 is 11.3 Å². The number of aromatic nitrogens is 3. The van der Waals surface area contributed by atoms with Gasteiger partial charge >= 0.3 is 0 Å². The predicted molar refractivity (Wildman–Crippen MR) is 74.1 cm³/mol. The normalized spacial score (nSPS) is 12.7. The van der Waals surface area contributed by atoms with E-state index in [0.29, 0.717) is 0 Å². The number of benzene rings is 1. The van der Waals surface area contributed by atoms with E-state index in [1.807, 2.05) is 43.6 Å². The van der Waals surface area contributed by atoms with Crippen LogP contribution in [0, 0.1) is 0 Å². The fourth-order valence-electron chi connectivity index (χ4n) is 2.26. The number of nitrogens with one attached hydrogen (secondary N) is 1. The van der Waals surface area contributed by atoms with Gasteiger partial charge in [-0.05, 0) is 17.5 Å². The van der Waals surface area contributed by atoms with Crippen molar-refractivity contribution >= 4 is 10.8 Å². The fourth-order valence-corrected chi connectivity index (χ4v) is 2.26. The zero-order valence-electron chi connectivity index (χ0n) is 10.6. The molecule has 0 aliphatic heterocycles. The van der Waals surface area contributed by atoms with Crippen LogP contribution in [-0.4, -0.2) is 14.8 Å². The highest BCUT2D eigenvalue weighted by molar-refractivity contribution is 5.84. The molecule has 1 aromatic carbocycles. The van der Waals surface area contributed by atoms with Crippen molar-refractivity contribution in [3.05, 3.63) is 60.2 Å². The number of hydrogen-bond acceptors (Lipinski definition) is 4. The van der Waals surface area contributed by atoms with E-state index in [9.17, 15) is 0 Å². The molecule has 1 unspecified atom stereocenters. The molecule has 3 N–H and O–H groups in total. The van der Waals surface area contributed by atoms with Crippen molar-refractivity contribution in [3.8, 4) is 0 Å². The van der Waals surface area contributed by atoms with E-state index in [1.54, 1.807) is 10.9 Å². The van der Waals surface area contributed by atoms with Gasteiger partial charge in [0.1, 0.15) is 6.04 Å². The smallest absolute Gasteiger partial charge is 0.108 e. The first kappa shape index (κ1) is 11.8. The first-order valence-electron chi connectivity index (χ1n) is 6.09. The highest BCUT2D eigenvalue weighted by Crippen LogP contribution is 2.25. The Hall–Kier alpha value is -2.24. The predicted octanol–water partition coefficient (Wildman–Crippen LogP) is 1.52. The Morgan fingerprint density at radius 2 is 2.05 bits per heavy atom. The topological polar surface area (TPSA) is 68.8 Å². The van der Waals surface area contributed by atoms with Gasteiger partial charge in [-0.15, -0.1) is 0 Å². The molecule has 1 atom stereocenters. The molecule has 0 bridgehead atoms. The number of nitrogens with zero attached hydrogens (tertiary/aromatic N) is 3. The molecule has 5 nitrogen and oxygen atoms in total. The Morgan fingerprint density at radius 3 is 2.79 bits per heavy atom. The highest BCUT2D eigenvalue weighted by atomic mass is 15.3. The molecule has 3 aromatic rings. The van der Waals surface area contributed by atoms with Gasteiger partial charge < -0.3 is 0 Å². The molecule has 0 fully saturated rings. The molecular formula is C14H15N5. The van der Waals surface area contributed by atoms with E-state index in [2.05, 4.69) is 21.6 Å². The van der Waals surface area contributed by atoms with Crippen molar-refractivity contribution < 1.29 is 0 Å². The lowest BCUT2D eigenvalue weighted by atomic mass is 10.0. The van der Waals surface area contributed by atoms with Crippen LogP contribution in [0.4, 0.5) is 0 Å². The standard InChI is InChI=1S/C14H15N5/c1-19-9-7-12(18-19)14(17-15)13-11-5-3-2-4-10(11)6-8-16-13/h2-9,14,17H,15H2,1H3. The molecule has 3 rings (SSSR count). The molecule has 0 amide bonds. The molecule has 0 aliphatic carbocycles. The molecule has 5 heteroatoms. The van der Waals surface area contributed by atoms with Gasteiger partial charge in [0.2, 0.25) is 0 Å². The van der Waals surface area contributed by atoms with Gasteiger partial charge in [-0.3, -0.25) is 15.5 Å². The monoisotopic (exact) mass is 253 g/mol. The third-order valence-electron chi connectivity index (χ3n) is 3.17. The minimum atomic E-state index is -0.215. The highest BCUT2D eigenvalue weighted by Gasteiger charge is 2.18. The Kier molecular flexibility index (Phi) is 2.98.